The van der Waals surface area contributed by atoms with Crippen molar-refractivity contribution in [1.82, 2.24) is 15.1 Å². The van der Waals surface area contributed by atoms with Crippen LogP contribution in [0, 0.1) is 12.8 Å². The molecule has 2 aromatic rings. The zero-order chi connectivity index (χ0) is 16.4. The molecule has 1 N–H and O–H groups in total. The molecule has 0 unspecified atom stereocenters. The van der Waals surface area contributed by atoms with E-state index < -0.39 is 11.3 Å². The van der Waals surface area contributed by atoms with Crippen molar-refractivity contribution in [3.63, 3.8) is 0 Å². The first-order chi connectivity index (χ1) is 11.1. The zero-order valence-electron chi connectivity index (χ0n) is 13.2. The second-order valence-electron chi connectivity index (χ2n) is 5.80. The van der Waals surface area contributed by atoms with Gasteiger partial charge < -0.3 is 10.1 Å². The van der Waals surface area contributed by atoms with Crippen molar-refractivity contribution in [1.29, 1.82) is 0 Å². The molecule has 0 bridgehead atoms. The molecule has 6 nitrogen and oxygen atoms in total. The summed E-state index contributed by atoms with van der Waals surface area (Å²) in [7, 11) is 1.47. The van der Waals surface area contributed by atoms with Gasteiger partial charge in [0.15, 0.2) is 5.69 Å². The number of hydrogen-bond acceptors (Lipinski definition) is 4. The van der Waals surface area contributed by atoms with Crippen molar-refractivity contribution in [2.75, 3.05) is 13.7 Å². The first-order valence-corrected chi connectivity index (χ1v) is 7.62. The number of amides is 1. The molecule has 1 fully saturated rings. The van der Waals surface area contributed by atoms with Gasteiger partial charge in [-0.05, 0) is 37.8 Å². The number of benzene rings is 1. The fraction of sp³-hybridized carbons (Fsp3) is 0.353. The zero-order valence-corrected chi connectivity index (χ0v) is 13.2. The number of aromatic nitrogens is 2. The molecule has 1 aliphatic rings. The molecule has 0 radical (unpaired) electrons. The number of carbonyl (C=O) groups is 1. The van der Waals surface area contributed by atoms with Crippen molar-refractivity contribution in [3.8, 4) is 11.6 Å². The predicted octanol–water partition coefficient (Wildman–Crippen LogP) is 1.69. The molecule has 0 spiro atoms. The largest absolute Gasteiger partial charge is 0.481 e. The maximum atomic E-state index is 12.2. The quantitative estimate of drug-likeness (QED) is 0.911. The molecule has 1 heterocycles. The average Bonchev–Trinajstić information content (AvgIpc) is 3.37. The van der Waals surface area contributed by atoms with E-state index in [2.05, 4.69) is 10.4 Å². The van der Waals surface area contributed by atoms with E-state index in [-0.39, 0.29) is 11.6 Å². The molecule has 1 aromatic heterocycles. The minimum absolute atomic E-state index is 0.118. The van der Waals surface area contributed by atoms with Gasteiger partial charge in [-0.3, -0.25) is 9.59 Å². The highest BCUT2D eigenvalue weighted by Gasteiger charge is 2.23. The van der Waals surface area contributed by atoms with Gasteiger partial charge in [0.05, 0.1) is 18.9 Å². The first-order valence-electron chi connectivity index (χ1n) is 7.62. The number of hydrogen-bond donors (Lipinski definition) is 1. The molecular weight excluding hydrogens is 294 g/mol. The SMILES string of the molecule is COc1cc(=O)c(C(=O)NCC2CC2)nn1-c1ccc(C)cc1. The van der Waals surface area contributed by atoms with E-state index in [9.17, 15) is 9.59 Å². The summed E-state index contributed by atoms with van der Waals surface area (Å²) in [6, 6.07) is 8.88. The molecule has 1 amide bonds. The highest BCUT2D eigenvalue weighted by atomic mass is 16.5. The third-order valence-corrected chi connectivity index (χ3v) is 3.85. The van der Waals surface area contributed by atoms with E-state index in [0.29, 0.717) is 12.5 Å². The van der Waals surface area contributed by atoms with Gasteiger partial charge in [0.1, 0.15) is 0 Å². The standard InChI is InChI=1S/C17H19N3O3/c1-11-3-7-13(8-4-11)20-15(23-2)9-14(21)16(19-20)17(22)18-10-12-5-6-12/h3-4,7-9,12H,5-6,10H2,1-2H3,(H,18,22). The summed E-state index contributed by atoms with van der Waals surface area (Å²) in [5.74, 6) is 0.388. The van der Waals surface area contributed by atoms with Crippen molar-refractivity contribution in [3.05, 3.63) is 51.8 Å². The minimum atomic E-state index is -0.446. The molecule has 0 atom stereocenters. The topological polar surface area (TPSA) is 73.2 Å². The Morgan fingerprint density at radius 2 is 2.04 bits per heavy atom. The Kier molecular flexibility index (Phi) is 4.14. The second-order valence-corrected chi connectivity index (χ2v) is 5.80. The van der Waals surface area contributed by atoms with E-state index in [1.54, 1.807) is 0 Å². The fourth-order valence-electron chi connectivity index (χ4n) is 2.26. The van der Waals surface area contributed by atoms with Crippen molar-refractivity contribution in [2.24, 2.45) is 5.92 Å². The summed E-state index contributed by atoms with van der Waals surface area (Å²) >= 11 is 0. The summed E-state index contributed by atoms with van der Waals surface area (Å²) < 4.78 is 6.69. The third-order valence-electron chi connectivity index (χ3n) is 3.85. The molecule has 120 valence electrons. The molecule has 1 aromatic carbocycles. The van der Waals surface area contributed by atoms with E-state index in [1.165, 1.54) is 17.9 Å². The van der Waals surface area contributed by atoms with Gasteiger partial charge >= 0.3 is 0 Å². The smallest absolute Gasteiger partial charge is 0.275 e. The molecule has 23 heavy (non-hydrogen) atoms. The summed E-state index contributed by atoms with van der Waals surface area (Å²) in [5, 5.41) is 6.98. The van der Waals surface area contributed by atoms with Crippen molar-refractivity contribution >= 4 is 5.91 Å². The summed E-state index contributed by atoms with van der Waals surface area (Å²) in [5.41, 5.74) is 1.27. The van der Waals surface area contributed by atoms with Crippen LogP contribution >= 0.6 is 0 Å². The number of nitrogens with zero attached hydrogens (tertiary/aromatic N) is 2. The van der Waals surface area contributed by atoms with Gasteiger partial charge in [-0.1, -0.05) is 17.7 Å². The molecule has 1 aliphatic carbocycles. The lowest BCUT2D eigenvalue weighted by atomic mass is 10.2. The second kappa shape index (κ2) is 6.24. The van der Waals surface area contributed by atoms with E-state index in [4.69, 9.17) is 4.74 Å². The van der Waals surface area contributed by atoms with Gasteiger partial charge in [-0.15, -0.1) is 0 Å². The van der Waals surface area contributed by atoms with Gasteiger partial charge in [-0.25, -0.2) is 4.68 Å². The fourth-order valence-corrected chi connectivity index (χ4v) is 2.26. The minimum Gasteiger partial charge on any atom is -0.481 e. The lowest BCUT2D eigenvalue weighted by Crippen LogP contribution is -2.32. The molecule has 1 saturated carbocycles. The van der Waals surface area contributed by atoms with Crippen LogP contribution in [0.1, 0.15) is 28.9 Å². The molecule has 6 heteroatoms. The number of aryl methyl sites for hydroxylation is 1. The number of rotatable bonds is 5. The Bertz CT molecular complexity index is 777. The van der Waals surface area contributed by atoms with Crippen LogP contribution in [0.4, 0.5) is 0 Å². The normalized spacial score (nSPS) is 13.7. The Morgan fingerprint density at radius 1 is 1.35 bits per heavy atom. The monoisotopic (exact) mass is 313 g/mol. The van der Waals surface area contributed by atoms with Crippen LogP contribution in [0.5, 0.6) is 5.88 Å². The third kappa shape index (κ3) is 3.41. The van der Waals surface area contributed by atoms with Crippen LogP contribution in [0.25, 0.3) is 5.69 Å². The Morgan fingerprint density at radius 3 is 2.65 bits per heavy atom. The maximum Gasteiger partial charge on any atom is 0.275 e. The highest BCUT2D eigenvalue weighted by molar-refractivity contribution is 5.92. The maximum absolute atomic E-state index is 12.2. The molecule has 0 saturated heterocycles. The number of carbonyl (C=O) groups excluding carboxylic acids is 1. The van der Waals surface area contributed by atoms with Gasteiger partial charge in [0.2, 0.25) is 11.3 Å². The molecule has 3 rings (SSSR count). The van der Waals surface area contributed by atoms with E-state index in [1.807, 2.05) is 31.2 Å². The predicted molar refractivity (Wildman–Crippen MR) is 86.2 cm³/mol. The summed E-state index contributed by atoms with van der Waals surface area (Å²) in [4.78, 5) is 24.3. The van der Waals surface area contributed by atoms with E-state index in [0.717, 1.165) is 24.1 Å². The van der Waals surface area contributed by atoms with Gasteiger partial charge in [0.25, 0.3) is 5.91 Å². The van der Waals surface area contributed by atoms with E-state index >= 15 is 0 Å². The first kappa shape index (κ1) is 15.3. The Balaban J connectivity index is 1.96. The number of nitrogens with one attached hydrogen (secondary N) is 1. The Labute approximate surface area is 134 Å². The number of ether oxygens (including phenoxy) is 1. The van der Waals surface area contributed by atoms with Gasteiger partial charge in [0, 0.05) is 6.54 Å². The van der Waals surface area contributed by atoms with Crippen LogP contribution in [-0.2, 0) is 0 Å². The van der Waals surface area contributed by atoms with Crippen LogP contribution in [0.2, 0.25) is 0 Å². The van der Waals surface area contributed by atoms with Gasteiger partial charge in [-0.2, -0.15) is 5.10 Å². The van der Waals surface area contributed by atoms with Crippen LogP contribution in [0.3, 0.4) is 0 Å². The van der Waals surface area contributed by atoms with Crippen molar-refractivity contribution < 1.29 is 9.53 Å². The van der Waals surface area contributed by atoms with Crippen LogP contribution < -0.4 is 15.5 Å². The Hall–Kier alpha value is -2.63. The lowest BCUT2D eigenvalue weighted by Gasteiger charge is -2.12. The average molecular weight is 313 g/mol. The highest BCUT2D eigenvalue weighted by Crippen LogP contribution is 2.27. The lowest BCUT2D eigenvalue weighted by molar-refractivity contribution is 0.0943. The summed E-state index contributed by atoms with van der Waals surface area (Å²) in [6.45, 7) is 2.58. The number of methoxy groups -OCH3 is 1. The molecular formula is C17H19N3O3. The summed E-state index contributed by atoms with van der Waals surface area (Å²) in [6.07, 6.45) is 2.26. The molecule has 0 aliphatic heterocycles. The van der Waals surface area contributed by atoms with Crippen LogP contribution in [-0.4, -0.2) is 29.3 Å². The van der Waals surface area contributed by atoms with Crippen molar-refractivity contribution in [2.45, 2.75) is 19.8 Å². The van der Waals surface area contributed by atoms with Crippen LogP contribution in [0.15, 0.2) is 35.1 Å².